The zero-order valence-electron chi connectivity index (χ0n) is 12.2. The maximum absolute atomic E-state index is 11.5. The number of rotatable bonds is 11. The lowest BCUT2D eigenvalue weighted by Crippen LogP contribution is -2.53. The number of amides is 1. The molecule has 2 atom stereocenters. The van der Waals surface area contributed by atoms with E-state index in [4.69, 9.17) is 15.2 Å². The maximum Gasteiger partial charge on any atom is 0.235 e. The molecule has 112 valence electrons. The summed E-state index contributed by atoms with van der Waals surface area (Å²) in [6.07, 6.45) is 2.27. The third-order valence-corrected chi connectivity index (χ3v) is 3.39. The predicted molar refractivity (Wildman–Crippen MR) is 73.9 cm³/mol. The van der Waals surface area contributed by atoms with E-state index in [0.29, 0.717) is 25.8 Å². The number of hydrogen-bond acceptors (Lipinski definition) is 5. The van der Waals surface area contributed by atoms with Gasteiger partial charge in [0.15, 0.2) is 0 Å². The first kappa shape index (κ1) is 16.4. The van der Waals surface area contributed by atoms with E-state index in [2.05, 4.69) is 17.1 Å². The largest absolute Gasteiger partial charge is 0.383 e. The lowest BCUT2D eigenvalue weighted by atomic mass is 10.2. The number of ether oxygens (including phenoxy) is 2. The minimum atomic E-state index is -0.302. The molecular weight excluding hydrogens is 246 g/mol. The van der Waals surface area contributed by atoms with Gasteiger partial charge in [-0.25, -0.2) is 0 Å². The number of hydrogen-bond donors (Lipinski definition) is 2. The van der Waals surface area contributed by atoms with E-state index in [1.807, 2.05) is 0 Å². The van der Waals surface area contributed by atoms with Gasteiger partial charge in [-0.15, -0.1) is 0 Å². The van der Waals surface area contributed by atoms with Crippen LogP contribution in [0.15, 0.2) is 0 Å². The van der Waals surface area contributed by atoms with Crippen molar-refractivity contribution in [3.05, 3.63) is 0 Å². The van der Waals surface area contributed by atoms with Crippen LogP contribution in [0.4, 0.5) is 0 Å². The summed E-state index contributed by atoms with van der Waals surface area (Å²) in [5.41, 5.74) is 5.47. The molecular formula is C13H27N3O3. The highest BCUT2D eigenvalue weighted by molar-refractivity contribution is 5.80. The van der Waals surface area contributed by atoms with Crippen molar-refractivity contribution in [2.45, 2.75) is 37.9 Å². The molecule has 0 radical (unpaired) electrons. The van der Waals surface area contributed by atoms with Gasteiger partial charge >= 0.3 is 0 Å². The van der Waals surface area contributed by atoms with Gasteiger partial charge in [0.1, 0.15) is 0 Å². The molecule has 1 aliphatic rings. The molecule has 0 spiro atoms. The highest BCUT2D eigenvalue weighted by Gasteiger charge is 2.29. The van der Waals surface area contributed by atoms with Crippen molar-refractivity contribution < 1.29 is 14.3 Å². The maximum atomic E-state index is 11.5. The van der Waals surface area contributed by atoms with E-state index in [9.17, 15) is 4.79 Å². The number of methoxy groups -OCH3 is 2. The topological polar surface area (TPSA) is 76.8 Å². The Kier molecular flexibility index (Phi) is 7.30. The molecule has 6 heteroatoms. The van der Waals surface area contributed by atoms with Crippen LogP contribution in [0.2, 0.25) is 0 Å². The first-order chi connectivity index (χ1) is 9.08. The summed E-state index contributed by atoms with van der Waals surface area (Å²) in [7, 11) is 3.35. The number of nitrogens with two attached hydrogens (primary N) is 1. The second kappa shape index (κ2) is 8.47. The molecule has 0 aromatic carbocycles. The Morgan fingerprint density at radius 2 is 2.11 bits per heavy atom. The summed E-state index contributed by atoms with van der Waals surface area (Å²) in [6.45, 7) is 4.69. The van der Waals surface area contributed by atoms with Crippen molar-refractivity contribution in [1.82, 2.24) is 10.2 Å². The molecule has 3 N–H and O–H groups in total. The van der Waals surface area contributed by atoms with Gasteiger partial charge in [0.05, 0.1) is 19.3 Å². The van der Waals surface area contributed by atoms with Crippen LogP contribution in [0.3, 0.4) is 0 Å². The van der Waals surface area contributed by atoms with Crippen molar-refractivity contribution in [3.8, 4) is 0 Å². The average molecular weight is 273 g/mol. The first-order valence-electron chi connectivity index (χ1n) is 6.85. The normalized spacial score (nSPS) is 18.5. The Bertz CT molecular complexity index is 272. The summed E-state index contributed by atoms with van der Waals surface area (Å²) in [5.74, 6) is -0.293. The molecule has 6 nitrogen and oxygen atoms in total. The smallest absolute Gasteiger partial charge is 0.235 e. The van der Waals surface area contributed by atoms with Gasteiger partial charge in [0.2, 0.25) is 5.91 Å². The number of primary amides is 1. The van der Waals surface area contributed by atoms with Crippen LogP contribution in [0.25, 0.3) is 0 Å². The molecule has 0 aromatic rings. The Morgan fingerprint density at radius 1 is 1.42 bits per heavy atom. The molecule has 1 amide bonds. The van der Waals surface area contributed by atoms with Gasteiger partial charge in [-0.2, -0.15) is 0 Å². The molecule has 0 aliphatic heterocycles. The van der Waals surface area contributed by atoms with Crippen LogP contribution in [0, 0.1) is 0 Å². The van der Waals surface area contributed by atoms with E-state index in [-0.39, 0.29) is 18.0 Å². The van der Waals surface area contributed by atoms with Crippen molar-refractivity contribution in [3.63, 3.8) is 0 Å². The number of nitrogens with zero attached hydrogens (tertiary/aromatic N) is 1. The zero-order chi connectivity index (χ0) is 14.3. The molecule has 0 saturated heterocycles. The van der Waals surface area contributed by atoms with Gasteiger partial charge in [0, 0.05) is 39.4 Å². The fourth-order valence-corrected chi connectivity index (χ4v) is 2.04. The SMILES string of the molecule is COCCN(CC(NC1CC1)C(N)=O)C(C)COC. The van der Waals surface area contributed by atoms with Crippen LogP contribution in [-0.2, 0) is 14.3 Å². The highest BCUT2D eigenvalue weighted by Crippen LogP contribution is 2.19. The average Bonchev–Trinajstić information content (AvgIpc) is 3.16. The van der Waals surface area contributed by atoms with E-state index in [0.717, 1.165) is 19.4 Å². The molecule has 0 aromatic heterocycles. The minimum absolute atomic E-state index is 0.225. The molecule has 1 saturated carbocycles. The Morgan fingerprint density at radius 3 is 2.58 bits per heavy atom. The lowest BCUT2D eigenvalue weighted by Gasteiger charge is -2.31. The van der Waals surface area contributed by atoms with E-state index >= 15 is 0 Å². The van der Waals surface area contributed by atoms with Crippen LogP contribution >= 0.6 is 0 Å². The molecule has 1 fully saturated rings. The third kappa shape index (κ3) is 6.33. The van der Waals surface area contributed by atoms with Crippen LogP contribution in [-0.4, -0.2) is 69.5 Å². The fraction of sp³-hybridized carbons (Fsp3) is 0.923. The van der Waals surface area contributed by atoms with Gasteiger partial charge in [0.25, 0.3) is 0 Å². The van der Waals surface area contributed by atoms with Crippen LogP contribution < -0.4 is 11.1 Å². The molecule has 0 heterocycles. The standard InChI is InChI=1S/C13H27N3O3/c1-10(9-19-3)16(6-7-18-2)8-12(13(14)17)15-11-4-5-11/h10-12,15H,4-9H2,1-3H3,(H2,14,17). The van der Waals surface area contributed by atoms with Crippen molar-refractivity contribution in [2.24, 2.45) is 5.73 Å². The van der Waals surface area contributed by atoms with Gasteiger partial charge in [-0.1, -0.05) is 0 Å². The molecule has 0 bridgehead atoms. The lowest BCUT2D eigenvalue weighted by molar-refractivity contribution is -0.120. The summed E-state index contributed by atoms with van der Waals surface area (Å²) in [5, 5.41) is 3.30. The summed E-state index contributed by atoms with van der Waals surface area (Å²) < 4.78 is 10.3. The monoisotopic (exact) mass is 273 g/mol. The van der Waals surface area contributed by atoms with E-state index in [1.54, 1.807) is 14.2 Å². The van der Waals surface area contributed by atoms with Crippen LogP contribution in [0.1, 0.15) is 19.8 Å². The summed E-state index contributed by atoms with van der Waals surface area (Å²) >= 11 is 0. The zero-order valence-corrected chi connectivity index (χ0v) is 12.2. The van der Waals surface area contributed by atoms with Crippen molar-refractivity contribution in [2.75, 3.05) is 40.5 Å². The summed E-state index contributed by atoms with van der Waals surface area (Å²) in [6, 6.07) is 0.381. The first-order valence-corrected chi connectivity index (χ1v) is 6.85. The molecule has 1 aliphatic carbocycles. The molecule has 1 rings (SSSR count). The number of carbonyl (C=O) groups is 1. The second-order valence-corrected chi connectivity index (χ2v) is 5.19. The Labute approximate surface area is 115 Å². The second-order valence-electron chi connectivity index (χ2n) is 5.19. The quantitative estimate of drug-likeness (QED) is 0.534. The van der Waals surface area contributed by atoms with Gasteiger partial charge in [-0.3, -0.25) is 9.69 Å². The third-order valence-electron chi connectivity index (χ3n) is 3.39. The highest BCUT2D eigenvalue weighted by atomic mass is 16.5. The Hall–Kier alpha value is -0.690. The summed E-state index contributed by atoms with van der Waals surface area (Å²) in [4.78, 5) is 13.7. The van der Waals surface area contributed by atoms with Gasteiger partial charge < -0.3 is 20.5 Å². The minimum Gasteiger partial charge on any atom is -0.383 e. The molecule has 19 heavy (non-hydrogen) atoms. The van der Waals surface area contributed by atoms with Crippen LogP contribution in [0.5, 0.6) is 0 Å². The number of carbonyl (C=O) groups excluding carboxylic acids is 1. The predicted octanol–water partition coefficient (Wildman–Crippen LogP) is -0.424. The van der Waals surface area contributed by atoms with Crippen molar-refractivity contribution >= 4 is 5.91 Å². The van der Waals surface area contributed by atoms with E-state index < -0.39 is 0 Å². The number of nitrogens with one attached hydrogen (secondary N) is 1. The van der Waals surface area contributed by atoms with E-state index in [1.165, 1.54) is 0 Å². The van der Waals surface area contributed by atoms with Gasteiger partial charge in [-0.05, 0) is 19.8 Å². The fourth-order valence-electron chi connectivity index (χ4n) is 2.04. The van der Waals surface area contributed by atoms with Crippen molar-refractivity contribution in [1.29, 1.82) is 0 Å². The molecule has 2 unspecified atom stereocenters. The Balaban J connectivity index is 2.52.